The highest BCUT2D eigenvalue weighted by Gasteiger charge is 2.28. The van der Waals surface area contributed by atoms with Gasteiger partial charge in [0, 0.05) is 37.2 Å². The van der Waals surface area contributed by atoms with E-state index in [1.807, 2.05) is 30.5 Å². The molecule has 1 aliphatic heterocycles. The number of carbonyl (C=O) groups excluding carboxylic acids is 1. The number of hydrogen-bond donors (Lipinski definition) is 1. The Labute approximate surface area is 181 Å². The van der Waals surface area contributed by atoms with E-state index in [0.29, 0.717) is 17.1 Å². The van der Waals surface area contributed by atoms with Gasteiger partial charge in [0.25, 0.3) is 5.91 Å². The van der Waals surface area contributed by atoms with Crippen molar-refractivity contribution in [2.24, 2.45) is 4.99 Å². The van der Waals surface area contributed by atoms with Crippen LogP contribution in [0, 0.1) is 0 Å². The van der Waals surface area contributed by atoms with E-state index in [4.69, 9.17) is 0 Å². The highest BCUT2D eigenvalue weighted by Crippen LogP contribution is 2.32. The van der Waals surface area contributed by atoms with Crippen molar-refractivity contribution in [3.05, 3.63) is 83.4 Å². The van der Waals surface area contributed by atoms with E-state index in [1.165, 1.54) is 17.7 Å². The molecule has 1 N–H and O–H groups in total. The van der Waals surface area contributed by atoms with E-state index in [0.717, 1.165) is 31.7 Å². The van der Waals surface area contributed by atoms with Gasteiger partial charge in [-0.3, -0.25) is 19.7 Å². The van der Waals surface area contributed by atoms with Gasteiger partial charge in [-0.05, 0) is 62.2 Å². The molecule has 7 heteroatoms. The number of amides is 1. The minimum atomic E-state index is -0.256. The van der Waals surface area contributed by atoms with Gasteiger partial charge >= 0.3 is 0 Å². The van der Waals surface area contributed by atoms with Gasteiger partial charge in [-0.25, -0.2) is 0 Å². The van der Waals surface area contributed by atoms with Crippen LogP contribution in [0.3, 0.4) is 0 Å². The van der Waals surface area contributed by atoms with Gasteiger partial charge in [0.2, 0.25) is 0 Å². The second kappa shape index (κ2) is 8.43. The lowest BCUT2D eigenvalue weighted by molar-refractivity contribution is 0.0997. The molecule has 0 fully saturated rings. The summed E-state index contributed by atoms with van der Waals surface area (Å²) in [5.74, 6) is 0.734. The first kappa shape index (κ1) is 19.6. The monoisotopic (exact) mass is 414 g/mol. The number of fused-ring (bicyclic) bond motifs is 2. The second-order valence-electron chi connectivity index (χ2n) is 8.27. The number of nitrogens with one attached hydrogen (secondary N) is 1. The Balaban J connectivity index is 1.33. The van der Waals surface area contributed by atoms with Crippen LogP contribution < -0.4 is 10.8 Å². The molecule has 2 aliphatic rings. The number of pyridine rings is 3. The van der Waals surface area contributed by atoms with E-state index in [9.17, 15) is 4.79 Å². The Hall–Kier alpha value is -3.32. The minimum absolute atomic E-state index is 0.242. The first-order valence-electron chi connectivity index (χ1n) is 10.8. The third-order valence-corrected chi connectivity index (χ3v) is 6.17. The first-order chi connectivity index (χ1) is 15.2. The van der Waals surface area contributed by atoms with Crippen molar-refractivity contribution in [3.8, 4) is 0 Å². The van der Waals surface area contributed by atoms with Crippen LogP contribution in [0.15, 0.2) is 66.0 Å². The zero-order valence-electron chi connectivity index (χ0n) is 17.6. The largest absolute Gasteiger partial charge is 0.366 e. The molecule has 4 heterocycles. The van der Waals surface area contributed by atoms with Crippen molar-refractivity contribution in [1.29, 1.82) is 0 Å². The number of rotatable bonds is 4. The average Bonchev–Trinajstić information content (AvgIpc) is 3.22. The van der Waals surface area contributed by atoms with Crippen molar-refractivity contribution >= 4 is 11.7 Å². The number of nitrogens with zero attached hydrogens (tertiary/aromatic N) is 5. The Bertz CT molecular complexity index is 1160. The zero-order chi connectivity index (χ0) is 21.2. The minimum Gasteiger partial charge on any atom is -0.366 e. The topological polar surface area (TPSA) is 75.4 Å². The fraction of sp³-hybridized carbons (Fsp3) is 0.333. The van der Waals surface area contributed by atoms with Crippen LogP contribution in [0.5, 0.6) is 0 Å². The highest BCUT2D eigenvalue weighted by molar-refractivity contribution is 5.94. The number of carbonyl (C=O) groups is 1. The van der Waals surface area contributed by atoms with Crippen LogP contribution >= 0.6 is 0 Å². The Morgan fingerprint density at radius 2 is 2.06 bits per heavy atom. The summed E-state index contributed by atoms with van der Waals surface area (Å²) in [7, 11) is 2.18. The third kappa shape index (κ3) is 4.01. The molecule has 31 heavy (non-hydrogen) atoms. The molecule has 0 saturated carbocycles. The van der Waals surface area contributed by atoms with Crippen LogP contribution in [-0.2, 0) is 13.0 Å². The van der Waals surface area contributed by atoms with Gasteiger partial charge in [-0.2, -0.15) is 4.99 Å². The molecule has 1 amide bonds. The van der Waals surface area contributed by atoms with Crippen LogP contribution in [0.1, 0.15) is 40.5 Å². The van der Waals surface area contributed by atoms with Crippen LogP contribution in [-0.4, -0.2) is 45.0 Å². The lowest BCUT2D eigenvalue weighted by atomic mass is 9.91. The fourth-order valence-electron chi connectivity index (χ4n) is 4.67. The lowest BCUT2D eigenvalue weighted by Gasteiger charge is -2.33. The van der Waals surface area contributed by atoms with Gasteiger partial charge in [0.15, 0.2) is 0 Å². The second-order valence-corrected chi connectivity index (χ2v) is 8.27. The van der Waals surface area contributed by atoms with E-state index in [2.05, 4.69) is 42.9 Å². The summed E-state index contributed by atoms with van der Waals surface area (Å²) in [5, 5.41) is 3.60. The molecule has 0 aromatic carbocycles. The van der Waals surface area contributed by atoms with Crippen molar-refractivity contribution in [2.45, 2.75) is 37.9 Å². The summed E-state index contributed by atoms with van der Waals surface area (Å²) in [4.78, 5) is 28.0. The number of hydrogen-bond acceptors (Lipinski definition) is 5. The van der Waals surface area contributed by atoms with Crippen molar-refractivity contribution in [3.63, 3.8) is 0 Å². The van der Waals surface area contributed by atoms with Gasteiger partial charge < -0.3 is 9.88 Å². The first-order valence-corrected chi connectivity index (χ1v) is 10.8. The molecule has 1 aliphatic carbocycles. The fourth-order valence-corrected chi connectivity index (χ4v) is 4.67. The standard InChI is InChI=1S/C24H26N6O/c1-29(20-7-2-5-17-6-4-12-26-23(17)20)15-19-16-30-21(27-19)8-3-9-22(30)28-24(31)18-10-13-25-14-11-18/h3-4,6,8-14,19-20,27H,2,5,7,15-16H2,1H3. The number of aryl methyl sites for hydroxylation is 1. The molecule has 7 nitrogen and oxygen atoms in total. The zero-order valence-corrected chi connectivity index (χ0v) is 17.6. The van der Waals surface area contributed by atoms with Crippen LogP contribution in [0.25, 0.3) is 0 Å². The average molecular weight is 415 g/mol. The Morgan fingerprint density at radius 1 is 1.19 bits per heavy atom. The predicted molar refractivity (Wildman–Crippen MR) is 119 cm³/mol. The van der Waals surface area contributed by atoms with E-state index in [-0.39, 0.29) is 11.9 Å². The molecule has 0 saturated heterocycles. The van der Waals surface area contributed by atoms with E-state index in [1.54, 1.807) is 24.5 Å². The molecular formula is C24H26N6O. The smallest absolute Gasteiger partial charge is 0.279 e. The van der Waals surface area contributed by atoms with Crippen molar-refractivity contribution in [2.75, 3.05) is 18.9 Å². The number of anilines is 1. The molecule has 158 valence electrons. The molecule has 5 rings (SSSR count). The maximum absolute atomic E-state index is 12.6. The maximum atomic E-state index is 12.6. The molecule has 2 atom stereocenters. The third-order valence-electron chi connectivity index (χ3n) is 6.17. The van der Waals surface area contributed by atoms with Gasteiger partial charge in [0.05, 0.1) is 17.8 Å². The summed E-state index contributed by atoms with van der Waals surface area (Å²) in [6.07, 6.45) is 8.56. The molecule has 0 spiro atoms. The SMILES string of the molecule is CN(CC1Cn2c(cccc2=NC(=O)c2ccncc2)N1)C1CCCc2cccnc21. The number of likely N-dealkylation sites (N-methyl/N-ethyl adjacent to an activating group) is 1. The van der Waals surface area contributed by atoms with E-state index >= 15 is 0 Å². The summed E-state index contributed by atoms with van der Waals surface area (Å²) >= 11 is 0. The van der Waals surface area contributed by atoms with Gasteiger partial charge in [-0.15, -0.1) is 0 Å². The molecule has 0 radical (unpaired) electrons. The highest BCUT2D eigenvalue weighted by atomic mass is 16.1. The number of aromatic nitrogens is 3. The quantitative estimate of drug-likeness (QED) is 0.711. The van der Waals surface area contributed by atoms with E-state index < -0.39 is 0 Å². The summed E-state index contributed by atoms with van der Waals surface area (Å²) < 4.78 is 2.09. The Kier molecular flexibility index (Phi) is 5.34. The van der Waals surface area contributed by atoms with Gasteiger partial charge in [-0.1, -0.05) is 12.1 Å². The maximum Gasteiger partial charge on any atom is 0.279 e. The summed E-state index contributed by atoms with van der Waals surface area (Å²) in [6, 6.07) is 14.1. The molecule has 3 aromatic heterocycles. The Morgan fingerprint density at radius 3 is 2.94 bits per heavy atom. The summed E-state index contributed by atoms with van der Waals surface area (Å²) in [6.45, 7) is 1.66. The normalized spacial score (nSPS) is 20.3. The van der Waals surface area contributed by atoms with Gasteiger partial charge in [0.1, 0.15) is 11.3 Å². The molecule has 0 bridgehead atoms. The lowest BCUT2D eigenvalue weighted by Crippen LogP contribution is -2.38. The molecule has 3 aromatic rings. The van der Waals surface area contributed by atoms with Crippen molar-refractivity contribution < 1.29 is 4.79 Å². The van der Waals surface area contributed by atoms with Crippen LogP contribution in [0.2, 0.25) is 0 Å². The van der Waals surface area contributed by atoms with Crippen LogP contribution in [0.4, 0.5) is 5.82 Å². The predicted octanol–water partition coefficient (Wildman–Crippen LogP) is 2.82. The summed E-state index contributed by atoms with van der Waals surface area (Å²) in [5.41, 5.74) is 3.80. The molecule has 2 unspecified atom stereocenters. The van der Waals surface area contributed by atoms with Crippen molar-refractivity contribution in [1.82, 2.24) is 19.4 Å². The molecular weight excluding hydrogens is 388 g/mol.